The standard InChI is InChI=1S/C18H24N4O2/c1-4-15-9-16(24-20-15)10-19-18(23)22-12-14-7-5-6-8-17(14)21(3)11-13(22)2/h5-9,13H,4,10-12H2,1-3H3,(H,19,23)/t13-/m1/s1. The fourth-order valence-electron chi connectivity index (χ4n) is 3.09. The van der Waals surface area contributed by atoms with Crippen LogP contribution in [-0.4, -0.2) is 35.7 Å². The quantitative estimate of drug-likeness (QED) is 0.941. The van der Waals surface area contributed by atoms with Crippen molar-refractivity contribution < 1.29 is 9.32 Å². The molecule has 1 aromatic carbocycles. The summed E-state index contributed by atoms with van der Waals surface area (Å²) < 4.78 is 5.23. The molecule has 6 heteroatoms. The molecule has 2 aromatic rings. The summed E-state index contributed by atoms with van der Waals surface area (Å²) in [5.41, 5.74) is 3.24. The van der Waals surface area contributed by atoms with Gasteiger partial charge in [0.15, 0.2) is 5.76 Å². The predicted octanol–water partition coefficient (Wildman–Crippen LogP) is 2.79. The van der Waals surface area contributed by atoms with E-state index >= 15 is 0 Å². The van der Waals surface area contributed by atoms with Crippen LogP contribution >= 0.6 is 0 Å². The van der Waals surface area contributed by atoms with Crippen LogP contribution in [0.15, 0.2) is 34.9 Å². The van der Waals surface area contributed by atoms with Gasteiger partial charge in [0.1, 0.15) is 0 Å². The van der Waals surface area contributed by atoms with Crippen molar-refractivity contribution in [1.29, 1.82) is 0 Å². The Bertz CT molecular complexity index is 713. The van der Waals surface area contributed by atoms with Crippen LogP contribution in [-0.2, 0) is 19.5 Å². The van der Waals surface area contributed by atoms with Gasteiger partial charge in [0.25, 0.3) is 0 Å². The van der Waals surface area contributed by atoms with Crippen LogP contribution in [0.5, 0.6) is 0 Å². The predicted molar refractivity (Wildman–Crippen MR) is 92.8 cm³/mol. The number of likely N-dealkylation sites (N-methyl/N-ethyl adjacent to an activating group) is 1. The van der Waals surface area contributed by atoms with Gasteiger partial charge in [-0.25, -0.2) is 4.79 Å². The fourth-order valence-corrected chi connectivity index (χ4v) is 3.09. The van der Waals surface area contributed by atoms with E-state index < -0.39 is 0 Å². The SMILES string of the molecule is CCc1cc(CNC(=O)N2Cc3ccccc3N(C)C[C@H]2C)on1. The number of fused-ring (bicyclic) bond motifs is 1. The molecule has 0 aliphatic carbocycles. The molecule has 24 heavy (non-hydrogen) atoms. The number of aryl methyl sites for hydroxylation is 1. The number of para-hydroxylation sites is 1. The molecule has 6 nitrogen and oxygen atoms in total. The molecular weight excluding hydrogens is 304 g/mol. The Morgan fingerprint density at radius 1 is 1.42 bits per heavy atom. The number of nitrogens with one attached hydrogen (secondary N) is 1. The maximum atomic E-state index is 12.7. The lowest BCUT2D eigenvalue weighted by Gasteiger charge is -2.28. The Kier molecular flexibility index (Phi) is 4.74. The number of hydrogen-bond acceptors (Lipinski definition) is 4. The van der Waals surface area contributed by atoms with Gasteiger partial charge in [-0.1, -0.05) is 30.3 Å². The second-order valence-electron chi connectivity index (χ2n) is 6.28. The van der Waals surface area contributed by atoms with Crippen molar-refractivity contribution in [3.05, 3.63) is 47.3 Å². The van der Waals surface area contributed by atoms with Crippen molar-refractivity contribution >= 4 is 11.7 Å². The van der Waals surface area contributed by atoms with Crippen LogP contribution in [0.2, 0.25) is 0 Å². The Hall–Kier alpha value is -2.50. The molecule has 0 spiro atoms. The van der Waals surface area contributed by atoms with Gasteiger partial charge < -0.3 is 19.6 Å². The first kappa shape index (κ1) is 16.4. The molecule has 0 radical (unpaired) electrons. The number of aromatic nitrogens is 1. The normalized spacial score (nSPS) is 17.4. The summed E-state index contributed by atoms with van der Waals surface area (Å²) in [4.78, 5) is 16.7. The molecule has 0 saturated carbocycles. The minimum atomic E-state index is -0.0814. The molecule has 0 saturated heterocycles. The highest BCUT2D eigenvalue weighted by atomic mass is 16.5. The summed E-state index contributed by atoms with van der Waals surface area (Å²) >= 11 is 0. The van der Waals surface area contributed by atoms with Gasteiger partial charge in [0.2, 0.25) is 0 Å². The Labute approximate surface area is 142 Å². The zero-order chi connectivity index (χ0) is 17.1. The lowest BCUT2D eigenvalue weighted by Crippen LogP contribution is -2.46. The Morgan fingerprint density at radius 3 is 2.96 bits per heavy atom. The topological polar surface area (TPSA) is 61.6 Å². The smallest absolute Gasteiger partial charge is 0.318 e. The molecule has 0 unspecified atom stereocenters. The highest BCUT2D eigenvalue weighted by Crippen LogP contribution is 2.25. The molecule has 2 amide bonds. The van der Waals surface area contributed by atoms with Gasteiger partial charge in [0, 0.05) is 37.9 Å². The third-order valence-corrected chi connectivity index (χ3v) is 4.46. The first-order chi connectivity index (χ1) is 11.6. The number of hydrogen-bond donors (Lipinski definition) is 1. The Balaban J connectivity index is 1.69. The van der Waals surface area contributed by atoms with Gasteiger partial charge in [-0.05, 0) is 25.0 Å². The summed E-state index contributed by atoms with van der Waals surface area (Å²) in [5.74, 6) is 0.681. The molecule has 128 valence electrons. The number of carbonyl (C=O) groups excluding carboxylic acids is 1. The summed E-state index contributed by atoms with van der Waals surface area (Å²) in [7, 11) is 2.07. The van der Waals surface area contributed by atoms with Crippen molar-refractivity contribution in [3.63, 3.8) is 0 Å². The summed E-state index contributed by atoms with van der Waals surface area (Å²) in [6, 6.07) is 10.1. The minimum absolute atomic E-state index is 0.0814. The average molecular weight is 328 g/mol. The number of urea groups is 1. The third-order valence-electron chi connectivity index (χ3n) is 4.46. The molecule has 0 bridgehead atoms. The molecule has 1 atom stereocenters. The van der Waals surface area contributed by atoms with Crippen LogP contribution in [0.1, 0.15) is 30.9 Å². The first-order valence-corrected chi connectivity index (χ1v) is 8.36. The molecule has 1 aliphatic heterocycles. The van der Waals surface area contributed by atoms with Gasteiger partial charge in [-0.15, -0.1) is 0 Å². The van der Waals surface area contributed by atoms with Crippen molar-refractivity contribution in [2.24, 2.45) is 0 Å². The molecule has 1 aromatic heterocycles. The molecule has 0 fully saturated rings. The van der Waals surface area contributed by atoms with E-state index in [1.807, 2.05) is 30.0 Å². The van der Waals surface area contributed by atoms with Crippen LogP contribution in [0.4, 0.5) is 10.5 Å². The number of benzene rings is 1. The maximum Gasteiger partial charge on any atom is 0.318 e. The zero-order valence-electron chi connectivity index (χ0n) is 14.5. The van der Waals surface area contributed by atoms with Crippen LogP contribution < -0.4 is 10.2 Å². The number of carbonyl (C=O) groups is 1. The fraction of sp³-hybridized carbons (Fsp3) is 0.444. The van der Waals surface area contributed by atoms with Crippen LogP contribution in [0.25, 0.3) is 0 Å². The highest BCUT2D eigenvalue weighted by molar-refractivity contribution is 5.75. The van der Waals surface area contributed by atoms with E-state index in [0.717, 1.165) is 24.2 Å². The Morgan fingerprint density at radius 2 is 2.21 bits per heavy atom. The molecular formula is C18H24N4O2. The van der Waals surface area contributed by atoms with Crippen molar-refractivity contribution in [1.82, 2.24) is 15.4 Å². The average Bonchev–Trinajstić information content (AvgIpc) is 3.00. The van der Waals surface area contributed by atoms with E-state index in [4.69, 9.17) is 4.52 Å². The largest absolute Gasteiger partial charge is 0.372 e. The monoisotopic (exact) mass is 328 g/mol. The number of amides is 2. The van der Waals surface area contributed by atoms with Crippen molar-refractivity contribution in [3.8, 4) is 0 Å². The van der Waals surface area contributed by atoms with E-state index in [1.54, 1.807) is 0 Å². The molecule has 3 rings (SSSR count). The second-order valence-corrected chi connectivity index (χ2v) is 6.28. The van der Waals surface area contributed by atoms with Crippen molar-refractivity contribution in [2.75, 3.05) is 18.5 Å². The van der Waals surface area contributed by atoms with E-state index in [9.17, 15) is 4.79 Å². The summed E-state index contributed by atoms with van der Waals surface area (Å²) in [6.45, 7) is 5.85. The molecule has 1 N–H and O–H groups in total. The van der Waals surface area contributed by atoms with E-state index in [-0.39, 0.29) is 12.1 Å². The van der Waals surface area contributed by atoms with Gasteiger partial charge >= 0.3 is 6.03 Å². The summed E-state index contributed by atoms with van der Waals surface area (Å²) in [5, 5.41) is 6.89. The van der Waals surface area contributed by atoms with Gasteiger partial charge in [-0.3, -0.25) is 0 Å². The van der Waals surface area contributed by atoms with Gasteiger partial charge in [-0.2, -0.15) is 0 Å². The highest BCUT2D eigenvalue weighted by Gasteiger charge is 2.26. The third kappa shape index (κ3) is 3.37. The number of rotatable bonds is 3. The van der Waals surface area contributed by atoms with Crippen molar-refractivity contribution in [2.45, 2.75) is 39.4 Å². The first-order valence-electron chi connectivity index (χ1n) is 8.36. The lowest BCUT2D eigenvalue weighted by atomic mass is 10.1. The van der Waals surface area contributed by atoms with E-state index in [2.05, 4.69) is 41.5 Å². The van der Waals surface area contributed by atoms with Crippen LogP contribution in [0.3, 0.4) is 0 Å². The van der Waals surface area contributed by atoms with E-state index in [0.29, 0.717) is 18.8 Å². The van der Waals surface area contributed by atoms with E-state index in [1.165, 1.54) is 5.69 Å². The van der Waals surface area contributed by atoms with Gasteiger partial charge in [0.05, 0.1) is 12.2 Å². The lowest BCUT2D eigenvalue weighted by molar-refractivity contribution is 0.176. The second kappa shape index (κ2) is 6.95. The van der Waals surface area contributed by atoms with Crippen LogP contribution in [0, 0.1) is 0 Å². The number of nitrogens with zero attached hydrogens (tertiary/aromatic N) is 3. The summed E-state index contributed by atoms with van der Waals surface area (Å²) in [6.07, 6.45) is 0.823. The zero-order valence-corrected chi connectivity index (χ0v) is 14.5. The number of anilines is 1. The molecule has 2 heterocycles. The maximum absolute atomic E-state index is 12.7. The minimum Gasteiger partial charge on any atom is -0.372 e. The molecule has 1 aliphatic rings.